The number of carbonyl (C=O) groups is 4. The van der Waals surface area contributed by atoms with Crippen molar-refractivity contribution in [2.45, 2.75) is 89.6 Å². The summed E-state index contributed by atoms with van der Waals surface area (Å²) in [6.07, 6.45) is 9.55. The predicted octanol–water partition coefficient (Wildman–Crippen LogP) is 6.37. The van der Waals surface area contributed by atoms with Crippen LogP contribution in [0.15, 0.2) is 78.9 Å². The molecule has 7 N–H and O–H groups in total. The Labute approximate surface area is 317 Å². The third kappa shape index (κ3) is 16.8. The summed E-state index contributed by atoms with van der Waals surface area (Å²) in [7, 11) is 3.75. The van der Waals surface area contributed by atoms with Gasteiger partial charge in [0.2, 0.25) is 17.7 Å². The van der Waals surface area contributed by atoms with Crippen molar-refractivity contribution >= 4 is 45.6 Å². The lowest BCUT2D eigenvalue weighted by molar-refractivity contribution is -0.128. The number of unbranched alkanes of at least 4 members (excludes halogenated alkanes) is 2. The summed E-state index contributed by atoms with van der Waals surface area (Å²) in [5.41, 5.74) is 13.5. The van der Waals surface area contributed by atoms with E-state index in [1.807, 2.05) is 87.7 Å². The van der Waals surface area contributed by atoms with Crippen LogP contribution < -0.4 is 27.4 Å². The molecule has 4 aromatic rings. The number of benzene rings is 3. The van der Waals surface area contributed by atoms with E-state index >= 15 is 0 Å². The molecule has 0 saturated heterocycles. The van der Waals surface area contributed by atoms with Gasteiger partial charge in [0.1, 0.15) is 23.7 Å². The Kier molecular flexibility index (Phi) is 22.1. The second-order valence-electron chi connectivity index (χ2n) is 12.7. The topological polar surface area (TPSA) is 169 Å². The van der Waals surface area contributed by atoms with Gasteiger partial charge in [-0.25, -0.2) is 9.37 Å². The van der Waals surface area contributed by atoms with Crippen molar-refractivity contribution in [3.05, 3.63) is 101 Å². The Morgan fingerprint density at radius 1 is 0.868 bits per heavy atom. The summed E-state index contributed by atoms with van der Waals surface area (Å²) in [5, 5.41) is 9.38. The van der Waals surface area contributed by atoms with Crippen LogP contribution in [0.2, 0.25) is 0 Å². The van der Waals surface area contributed by atoms with Gasteiger partial charge in [-0.15, -0.1) is 11.3 Å². The van der Waals surface area contributed by atoms with Gasteiger partial charge in [-0.2, -0.15) is 0 Å². The molecule has 288 valence electrons. The van der Waals surface area contributed by atoms with Crippen molar-refractivity contribution in [2.24, 2.45) is 17.4 Å². The number of nitrogens with zero attached hydrogens (tertiary/aromatic N) is 1. The quantitative estimate of drug-likeness (QED) is 0.0695. The molecule has 1 aliphatic rings. The van der Waals surface area contributed by atoms with Gasteiger partial charge < -0.3 is 32.2 Å². The van der Waals surface area contributed by atoms with Crippen LogP contribution in [0.3, 0.4) is 0 Å². The van der Waals surface area contributed by atoms with E-state index in [1.165, 1.54) is 17.4 Å². The van der Waals surface area contributed by atoms with Crippen molar-refractivity contribution in [3.63, 3.8) is 0 Å². The van der Waals surface area contributed by atoms with Crippen LogP contribution in [0.25, 0.3) is 10.2 Å². The lowest BCUT2D eigenvalue weighted by Crippen LogP contribution is -2.48. The fraction of sp³-hybridized carbons (Fsp3) is 0.439. The van der Waals surface area contributed by atoms with Crippen molar-refractivity contribution in [3.8, 4) is 0 Å². The fourth-order valence-corrected chi connectivity index (χ4v) is 6.72. The standard InChI is InChI=1S/C19H24N2O.C17H20FN3O2S.C3H6O.C2H7N/c20-15-9-3-8-14-18(22)21-19(16-10-4-1-5-11-16)17-12-6-2-7-13-17;18-11-6-3-7-12-16(11)21-14(24-12)9-8-13(22)20-15(17(19)23)10-4-1-2-5-10;1-2-3-4;1-3-2/h1-2,4-7,10-13,19H,3,8-9,14-15,20H2,(H,21,22);3,6-7,10,15H,1-2,4-5,8-9H2,(H2,19,23)(H,20,22);3H,2H2,1H3;3H,1-2H3. The average molecular weight is 749 g/mol. The van der Waals surface area contributed by atoms with E-state index < -0.39 is 11.9 Å². The number of carbonyl (C=O) groups excluding carboxylic acids is 4. The molecule has 1 aliphatic carbocycles. The number of nitrogens with one attached hydrogen (secondary N) is 3. The lowest BCUT2D eigenvalue weighted by Gasteiger charge is -2.21. The van der Waals surface area contributed by atoms with E-state index in [1.54, 1.807) is 6.07 Å². The highest BCUT2D eigenvalue weighted by atomic mass is 32.1. The van der Waals surface area contributed by atoms with Gasteiger partial charge in [0.25, 0.3) is 0 Å². The van der Waals surface area contributed by atoms with E-state index in [2.05, 4.69) is 20.9 Å². The minimum atomic E-state index is -0.590. The molecule has 1 unspecified atom stereocenters. The number of thiazole rings is 1. The summed E-state index contributed by atoms with van der Waals surface area (Å²) in [4.78, 5) is 49.4. The molecule has 0 bridgehead atoms. The highest BCUT2D eigenvalue weighted by Gasteiger charge is 2.30. The van der Waals surface area contributed by atoms with Crippen molar-refractivity contribution < 1.29 is 23.6 Å². The number of aromatic nitrogens is 1. The first-order valence-electron chi connectivity index (χ1n) is 18.4. The van der Waals surface area contributed by atoms with Gasteiger partial charge in [-0.3, -0.25) is 14.4 Å². The fourth-order valence-electron chi connectivity index (χ4n) is 5.74. The zero-order chi connectivity index (χ0) is 38.8. The Bertz CT molecular complexity index is 1590. The molecular formula is C41H57FN6O4S. The van der Waals surface area contributed by atoms with Crippen LogP contribution in [0.1, 0.15) is 93.3 Å². The van der Waals surface area contributed by atoms with Crippen LogP contribution in [0, 0.1) is 11.7 Å². The second-order valence-corrected chi connectivity index (χ2v) is 13.8. The molecule has 1 saturated carbocycles. The van der Waals surface area contributed by atoms with Crippen molar-refractivity contribution in [1.82, 2.24) is 20.9 Å². The number of hydrogen-bond acceptors (Lipinski definition) is 8. The molecule has 1 heterocycles. The number of nitrogens with two attached hydrogens (primary N) is 2. The molecule has 1 fully saturated rings. The van der Waals surface area contributed by atoms with E-state index in [-0.39, 0.29) is 36.0 Å². The molecule has 3 aromatic carbocycles. The monoisotopic (exact) mass is 748 g/mol. The van der Waals surface area contributed by atoms with Gasteiger partial charge in [-0.1, -0.05) is 92.9 Å². The number of hydrogen-bond donors (Lipinski definition) is 5. The first-order chi connectivity index (χ1) is 25.7. The molecule has 0 spiro atoms. The maximum Gasteiger partial charge on any atom is 0.240 e. The van der Waals surface area contributed by atoms with E-state index in [0.717, 1.165) is 67.1 Å². The molecule has 1 aromatic heterocycles. The van der Waals surface area contributed by atoms with Crippen LogP contribution in [-0.4, -0.2) is 55.7 Å². The van der Waals surface area contributed by atoms with Gasteiger partial charge in [0.05, 0.1) is 15.7 Å². The summed E-state index contributed by atoms with van der Waals surface area (Å²) >= 11 is 1.38. The smallest absolute Gasteiger partial charge is 0.240 e. The molecule has 0 radical (unpaired) electrons. The predicted molar refractivity (Wildman–Crippen MR) is 213 cm³/mol. The van der Waals surface area contributed by atoms with Gasteiger partial charge in [-0.05, 0) is 75.5 Å². The number of para-hydroxylation sites is 1. The first-order valence-corrected chi connectivity index (χ1v) is 19.2. The SMILES string of the molecule is CCC=O.CNC.NC(=O)C(NC(=O)CCc1nc2c(F)cccc2s1)C1CCCC1.NCCCCCC(=O)NC(c1ccccc1)c1ccccc1. The number of aryl methyl sites for hydroxylation is 1. The lowest BCUT2D eigenvalue weighted by atomic mass is 9.97. The van der Waals surface area contributed by atoms with Gasteiger partial charge in [0, 0.05) is 25.7 Å². The number of fused-ring (bicyclic) bond motifs is 1. The van der Waals surface area contributed by atoms with E-state index in [4.69, 9.17) is 11.5 Å². The van der Waals surface area contributed by atoms with Crippen LogP contribution in [0.4, 0.5) is 4.39 Å². The molecular weight excluding hydrogens is 692 g/mol. The maximum absolute atomic E-state index is 13.6. The highest BCUT2D eigenvalue weighted by molar-refractivity contribution is 7.18. The largest absolute Gasteiger partial charge is 0.368 e. The normalized spacial score (nSPS) is 12.6. The van der Waals surface area contributed by atoms with Crippen LogP contribution >= 0.6 is 11.3 Å². The highest BCUT2D eigenvalue weighted by Crippen LogP contribution is 2.28. The van der Waals surface area contributed by atoms with E-state index in [9.17, 15) is 23.6 Å². The van der Waals surface area contributed by atoms with Crippen molar-refractivity contribution in [1.29, 1.82) is 0 Å². The summed E-state index contributed by atoms with van der Waals surface area (Å²) in [6, 6.07) is 24.3. The molecule has 10 nitrogen and oxygen atoms in total. The summed E-state index contributed by atoms with van der Waals surface area (Å²) in [6.45, 7) is 2.51. The van der Waals surface area contributed by atoms with E-state index in [0.29, 0.717) is 36.3 Å². The van der Waals surface area contributed by atoms with Crippen molar-refractivity contribution in [2.75, 3.05) is 20.6 Å². The first kappa shape index (κ1) is 44.6. The number of amides is 3. The Balaban J connectivity index is 0.000000313. The number of halogens is 1. The Morgan fingerprint density at radius 2 is 1.43 bits per heavy atom. The average Bonchev–Trinajstić information content (AvgIpc) is 3.87. The minimum absolute atomic E-state index is 0.0923. The molecule has 3 amide bonds. The van der Waals surface area contributed by atoms with Crippen LogP contribution in [0.5, 0.6) is 0 Å². The zero-order valence-corrected chi connectivity index (χ0v) is 32.1. The Morgan fingerprint density at radius 3 is 1.94 bits per heavy atom. The Hall–Kier alpha value is -4.52. The zero-order valence-electron chi connectivity index (χ0n) is 31.3. The summed E-state index contributed by atoms with van der Waals surface area (Å²) in [5.74, 6) is -0.810. The molecule has 12 heteroatoms. The maximum atomic E-state index is 13.6. The van der Waals surface area contributed by atoms with Crippen LogP contribution in [-0.2, 0) is 25.6 Å². The third-order valence-corrected chi connectivity index (χ3v) is 9.40. The van der Waals surface area contributed by atoms with Gasteiger partial charge in [0.15, 0.2) is 0 Å². The third-order valence-electron chi connectivity index (χ3n) is 8.32. The number of primary amides is 1. The number of aldehydes is 1. The minimum Gasteiger partial charge on any atom is -0.368 e. The van der Waals surface area contributed by atoms with Gasteiger partial charge >= 0.3 is 0 Å². The molecule has 53 heavy (non-hydrogen) atoms. The molecule has 5 rings (SSSR count). The number of rotatable bonds is 15. The summed E-state index contributed by atoms with van der Waals surface area (Å²) < 4.78 is 14.4. The molecule has 1 atom stereocenters. The second kappa shape index (κ2) is 26.3. The molecule has 0 aliphatic heterocycles.